The molecule has 0 heterocycles. The number of halogens is 3. The summed E-state index contributed by atoms with van der Waals surface area (Å²) in [5.41, 5.74) is -0.000994. The lowest BCUT2D eigenvalue weighted by Crippen LogP contribution is -2.35. The maximum Gasteiger partial charge on any atom is 0.416 e. The smallest absolute Gasteiger partial charge is 0.416 e. The summed E-state index contributed by atoms with van der Waals surface area (Å²) < 4.78 is 38.1. The molecule has 0 radical (unpaired) electrons. The van der Waals surface area contributed by atoms with Gasteiger partial charge in [-0.05, 0) is 43.7 Å². The van der Waals surface area contributed by atoms with Gasteiger partial charge in [-0.2, -0.15) is 13.2 Å². The van der Waals surface area contributed by atoms with Gasteiger partial charge in [-0.25, -0.2) is 0 Å². The Hall–Kier alpha value is -1.56. The van der Waals surface area contributed by atoms with Crippen molar-refractivity contribution in [2.75, 3.05) is 6.54 Å². The maximum absolute atomic E-state index is 12.7. The fourth-order valence-electron chi connectivity index (χ4n) is 2.57. The molecule has 0 spiro atoms. The van der Waals surface area contributed by atoms with E-state index in [0.29, 0.717) is 37.3 Å². The van der Waals surface area contributed by atoms with Gasteiger partial charge in [0.15, 0.2) is 0 Å². The molecule has 24 heavy (non-hydrogen) atoms. The summed E-state index contributed by atoms with van der Waals surface area (Å²) in [6, 6.07) is 5.37. The van der Waals surface area contributed by atoms with E-state index in [1.165, 1.54) is 12.1 Å². The van der Waals surface area contributed by atoms with E-state index in [-0.39, 0.29) is 6.04 Å². The highest BCUT2D eigenvalue weighted by atomic mass is 19.4. The summed E-state index contributed by atoms with van der Waals surface area (Å²) in [6.07, 6.45) is -2.57. The molecule has 6 heteroatoms. The number of benzene rings is 1. The minimum Gasteiger partial charge on any atom is -0.481 e. The van der Waals surface area contributed by atoms with Crippen LogP contribution in [0, 0.1) is 11.8 Å². The SMILES string of the molecule is CC(C)CC(CNC(C)CCc1cccc(C(F)(F)F)c1)C(=O)O. The number of nitrogens with one attached hydrogen (secondary N) is 1. The normalized spacial score (nSPS) is 14.6. The Kier molecular flexibility index (Phi) is 7.73. The third-order valence-corrected chi connectivity index (χ3v) is 3.94. The number of aryl methyl sites for hydroxylation is 1. The molecule has 2 unspecified atom stereocenters. The monoisotopic (exact) mass is 345 g/mol. The van der Waals surface area contributed by atoms with Gasteiger partial charge >= 0.3 is 12.1 Å². The van der Waals surface area contributed by atoms with Crippen molar-refractivity contribution in [1.29, 1.82) is 0 Å². The first-order valence-corrected chi connectivity index (χ1v) is 8.22. The summed E-state index contributed by atoms with van der Waals surface area (Å²) in [7, 11) is 0. The van der Waals surface area contributed by atoms with Crippen molar-refractivity contribution in [1.82, 2.24) is 5.32 Å². The molecule has 1 aromatic rings. The minimum absolute atomic E-state index is 0.0357. The Morgan fingerprint density at radius 2 is 1.92 bits per heavy atom. The molecule has 3 nitrogen and oxygen atoms in total. The zero-order valence-corrected chi connectivity index (χ0v) is 14.4. The highest BCUT2D eigenvalue weighted by Gasteiger charge is 2.30. The van der Waals surface area contributed by atoms with Crippen molar-refractivity contribution in [2.45, 2.75) is 52.3 Å². The Morgan fingerprint density at radius 3 is 2.46 bits per heavy atom. The number of aliphatic carboxylic acids is 1. The summed E-state index contributed by atoms with van der Waals surface area (Å²) in [4.78, 5) is 11.2. The molecule has 0 aliphatic rings. The van der Waals surface area contributed by atoms with Gasteiger partial charge in [-0.3, -0.25) is 4.79 Å². The average Bonchev–Trinajstić information content (AvgIpc) is 2.48. The molecule has 136 valence electrons. The number of carbonyl (C=O) groups is 1. The molecule has 0 aliphatic heterocycles. The van der Waals surface area contributed by atoms with Crippen LogP contribution in [0.3, 0.4) is 0 Å². The molecule has 2 atom stereocenters. The minimum atomic E-state index is -4.33. The molecular formula is C18H26F3NO2. The van der Waals surface area contributed by atoms with Crippen LogP contribution < -0.4 is 5.32 Å². The largest absolute Gasteiger partial charge is 0.481 e. The lowest BCUT2D eigenvalue weighted by atomic mass is 9.96. The first-order valence-electron chi connectivity index (χ1n) is 8.22. The molecule has 1 rings (SSSR count). The van der Waals surface area contributed by atoms with Crippen LogP contribution in [-0.4, -0.2) is 23.7 Å². The van der Waals surface area contributed by atoms with E-state index in [1.807, 2.05) is 20.8 Å². The number of carboxylic acid groups (broad SMARTS) is 1. The van der Waals surface area contributed by atoms with Crippen LogP contribution in [0.5, 0.6) is 0 Å². The molecule has 0 aliphatic carbocycles. The van der Waals surface area contributed by atoms with Gasteiger partial charge in [0.1, 0.15) is 0 Å². The topological polar surface area (TPSA) is 49.3 Å². The maximum atomic E-state index is 12.7. The number of hydrogen-bond acceptors (Lipinski definition) is 2. The van der Waals surface area contributed by atoms with E-state index in [4.69, 9.17) is 0 Å². The number of carboxylic acids is 1. The quantitative estimate of drug-likeness (QED) is 0.699. The zero-order chi connectivity index (χ0) is 18.3. The number of hydrogen-bond donors (Lipinski definition) is 2. The van der Waals surface area contributed by atoms with E-state index in [2.05, 4.69) is 5.32 Å². The molecule has 0 saturated heterocycles. The second kappa shape index (κ2) is 9.06. The highest BCUT2D eigenvalue weighted by molar-refractivity contribution is 5.70. The van der Waals surface area contributed by atoms with Crippen LogP contribution in [0.1, 0.15) is 44.7 Å². The highest BCUT2D eigenvalue weighted by Crippen LogP contribution is 2.29. The summed E-state index contributed by atoms with van der Waals surface area (Å²) in [6.45, 7) is 6.25. The second-order valence-corrected chi connectivity index (χ2v) is 6.71. The van der Waals surface area contributed by atoms with Crippen LogP contribution in [0.15, 0.2) is 24.3 Å². The van der Waals surface area contributed by atoms with Gasteiger partial charge in [0.25, 0.3) is 0 Å². The van der Waals surface area contributed by atoms with Crippen molar-refractivity contribution in [3.63, 3.8) is 0 Å². The summed E-state index contributed by atoms with van der Waals surface area (Å²) in [5.74, 6) is -0.962. The molecule has 0 aromatic heterocycles. The molecular weight excluding hydrogens is 319 g/mol. The van der Waals surface area contributed by atoms with Gasteiger partial charge in [0.05, 0.1) is 11.5 Å². The van der Waals surface area contributed by atoms with E-state index in [9.17, 15) is 23.1 Å². The summed E-state index contributed by atoms with van der Waals surface area (Å²) >= 11 is 0. The summed E-state index contributed by atoms with van der Waals surface area (Å²) in [5, 5.41) is 12.4. The van der Waals surface area contributed by atoms with Crippen LogP contribution in [0.25, 0.3) is 0 Å². The van der Waals surface area contributed by atoms with E-state index < -0.39 is 23.6 Å². The third kappa shape index (κ3) is 7.34. The van der Waals surface area contributed by atoms with Crippen LogP contribution >= 0.6 is 0 Å². The van der Waals surface area contributed by atoms with Crippen molar-refractivity contribution >= 4 is 5.97 Å². The standard InChI is InChI=1S/C18H26F3NO2/c1-12(2)9-15(17(23)24)11-22-13(3)7-8-14-5-4-6-16(10-14)18(19,20)21/h4-6,10,12-13,15,22H,7-9,11H2,1-3H3,(H,23,24). The van der Waals surface area contributed by atoms with Crippen molar-refractivity contribution in [3.8, 4) is 0 Å². The molecule has 0 fully saturated rings. The van der Waals surface area contributed by atoms with Gasteiger partial charge < -0.3 is 10.4 Å². The molecule has 0 saturated carbocycles. The zero-order valence-electron chi connectivity index (χ0n) is 14.4. The molecule has 0 amide bonds. The fraction of sp³-hybridized carbons (Fsp3) is 0.611. The second-order valence-electron chi connectivity index (χ2n) is 6.71. The predicted octanol–water partition coefficient (Wildman–Crippen LogP) is 4.36. The average molecular weight is 345 g/mol. The van der Waals surface area contributed by atoms with E-state index in [1.54, 1.807) is 6.07 Å². The first-order chi connectivity index (χ1) is 11.1. The Morgan fingerprint density at radius 1 is 1.25 bits per heavy atom. The lowest BCUT2D eigenvalue weighted by Gasteiger charge is -2.19. The predicted molar refractivity (Wildman–Crippen MR) is 87.8 cm³/mol. The number of alkyl halides is 3. The molecule has 1 aromatic carbocycles. The first kappa shape index (κ1) is 20.5. The van der Waals surface area contributed by atoms with Crippen molar-refractivity contribution in [3.05, 3.63) is 35.4 Å². The van der Waals surface area contributed by atoms with Crippen molar-refractivity contribution in [2.24, 2.45) is 11.8 Å². The van der Waals surface area contributed by atoms with E-state index >= 15 is 0 Å². The Balaban J connectivity index is 2.48. The van der Waals surface area contributed by atoms with Gasteiger partial charge in [-0.1, -0.05) is 32.0 Å². The van der Waals surface area contributed by atoms with Gasteiger partial charge in [0.2, 0.25) is 0 Å². The molecule has 2 N–H and O–H groups in total. The third-order valence-electron chi connectivity index (χ3n) is 3.94. The molecule has 0 bridgehead atoms. The van der Waals surface area contributed by atoms with Crippen molar-refractivity contribution < 1.29 is 23.1 Å². The van der Waals surface area contributed by atoms with Gasteiger partial charge in [-0.15, -0.1) is 0 Å². The van der Waals surface area contributed by atoms with Crippen LogP contribution in [0.2, 0.25) is 0 Å². The number of rotatable bonds is 9. The fourth-order valence-corrected chi connectivity index (χ4v) is 2.57. The van der Waals surface area contributed by atoms with Gasteiger partial charge in [0, 0.05) is 12.6 Å². The van der Waals surface area contributed by atoms with Crippen LogP contribution in [0.4, 0.5) is 13.2 Å². The van der Waals surface area contributed by atoms with E-state index in [0.717, 1.165) is 6.07 Å². The van der Waals surface area contributed by atoms with Crippen LogP contribution in [-0.2, 0) is 17.4 Å². The Bertz CT molecular complexity index is 529. The lowest BCUT2D eigenvalue weighted by molar-refractivity contribution is -0.142. The Labute approximate surface area is 141 Å².